The minimum atomic E-state index is -4.30. The Labute approximate surface area is 101 Å². The van der Waals surface area contributed by atoms with Crippen molar-refractivity contribution in [3.8, 4) is 0 Å². The fourth-order valence-corrected chi connectivity index (χ4v) is 1.47. The summed E-state index contributed by atoms with van der Waals surface area (Å²) in [6.07, 6.45) is -2.19. The molecular weight excluding hydrogens is 233 g/mol. The average molecular weight is 254 g/mol. The molecule has 0 saturated carbocycles. The van der Waals surface area contributed by atoms with Crippen LogP contribution < -0.4 is 0 Å². The first-order chi connectivity index (χ1) is 7.90. The van der Waals surface area contributed by atoms with Crippen LogP contribution in [-0.4, -0.2) is 18.8 Å². The Hall–Kier alpha value is -0.740. The van der Waals surface area contributed by atoms with Gasteiger partial charge in [0.15, 0.2) is 0 Å². The molecule has 0 aliphatic rings. The molecule has 0 bridgehead atoms. The molecule has 0 rings (SSSR count). The van der Waals surface area contributed by atoms with Crippen molar-refractivity contribution in [3.63, 3.8) is 0 Å². The number of hydrogen-bond acceptors (Lipinski definition) is 2. The van der Waals surface area contributed by atoms with Gasteiger partial charge in [-0.2, -0.15) is 13.2 Å². The third-order valence-corrected chi connectivity index (χ3v) is 2.46. The van der Waals surface area contributed by atoms with Crippen LogP contribution in [0.15, 0.2) is 0 Å². The number of unbranched alkanes of at least 4 members (excludes halogenated alkanes) is 2. The van der Waals surface area contributed by atoms with E-state index in [1.54, 1.807) is 0 Å². The molecule has 5 heteroatoms. The van der Waals surface area contributed by atoms with Gasteiger partial charge in [0.1, 0.15) is 0 Å². The molecule has 17 heavy (non-hydrogen) atoms. The zero-order valence-corrected chi connectivity index (χ0v) is 10.5. The van der Waals surface area contributed by atoms with E-state index in [1.807, 2.05) is 13.8 Å². The van der Waals surface area contributed by atoms with Crippen LogP contribution in [0.25, 0.3) is 0 Å². The van der Waals surface area contributed by atoms with E-state index in [2.05, 4.69) is 0 Å². The van der Waals surface area contributed by atoms with Gasteiger partial charge in [-0.25, -0.2) is 0 Å². The van der Waals surface area contributed by atoms with E-state index in [0.29, 0.717) is 12.8 Å². The van der Waals surface area contributed by atoms with Gasteiger partial charge in [0.05, 0.1) is 18.9 Å². The maximum Gasteiger partial charge on any atom is 0.389 e. The zero-order chi connectivity index (χ0) is 13.3. The highest BCUT2D eigenvalue weighted by Gasteiger charge is 2.35. The van der Waals surface area contributed by atoms with Crippen molar-refractivity contribution in [3.05, 3.63) is 0 Å². The van der Waals surface area contributed by atoms with Gasteiger partial charge in [-0.05, 0) is 12.8 Å². The number of carbonyl (C=O) groups is 1. The van der Waals surface area contributed by atoms with Crippen LogP contribution in [0.4, 0.5) is 13.2 Å². The number of halogens is 3. The molecule has 0 aromatic rings. The quantitative estimate of drug-likeness (QED) is 0.481. The second-order valence-corrected chi connectivity index (χ2v) is 4.18. The SMILES string of the molecule is CCCCOC(=O)C(CCCC)CC(F)(F)F. The lowest BCUT2D eigenvalue weighted by atomic mass is 9.98. The third kappa shape index (κ3) is 9.01. The molecule has 0 radical (unpaired) electrons. The topological polar surface area (TPSA) is 26.3 Å². The number of alkyl halides is 3. The van der Waals surface area contributed by atoms with Crippen LogP contribution in [0.5, 0.6) is 0 Å². The summed E-state index contributed by atoms with van der Waals surface area (Å²) in [4.78, 5) is 11.5. The van der Waals surface area contributed by atoms with Crippen molar-refractivity contribution in [2.45, 2.75) is 58.5 Å². The van der Waals surface area contributed by atoms with Gasteiger partial charge >= 0.3 is 12.1 Å². The van der Waals surface area contributed by atoms with Crippen LogP contribution >= 0.6 is 0 Å². The van der Waals surface area contributed by atoms with Gasteiger partial charge in [-0.3, -0.25) is 4.79 Å². The first kappa shape index (κ1) is 16.3. The summed E-state index contributed by atoms with van der Waals surface area (Å²) in [5.74, 6) is -1.74. The fourth-order valence-electron chi connectivity index (χ4n) is 1.47. The normalized spacial score (nSPS) is 13.5. The molecule has 0 aliphatic carbocycles. The highest BCUT2D eigenvalue weighted by Crippen LogP contribution is 2.28. The molecule has 0 aromatic carbocycles. The van der Waals surface area contributed by atoms with Crippen molar-refractivity contribution < 1.29 is 22.7 Å². The molecule has 2 nitrogen and oxygen atoms in total. The molecule has 102 valence electrons. The van der Waals surface area contributed by atoms with Gasteiger partial charge in [0, 0.05) is 0 Å². The van der Waals surface area contributed by atoms with Gasteiger partial charge in [-0.15, -0.1) is 0 Å². The summed E-state index contributed by atoms with van der Waals surface area (Å²) in [5, 5.41) is 0. The van der Waals surface area contributed by atoms with Gasteiger partial charge in [0.2, 0.25) is 0 Å². The number of carbonyl (C=O) groups excluding carboxylic acids is 1. The highest BCUT2D eigenvalue weighted by atomic mass is 19.4. The van der Waals surface area contributed by atoms with Crippen molar-refractivity contribution in [1.29, 1.82) is 0 Å². The number of hydrogen-bond donors (Lipinski definition) is 0. The number of rotatable bonds is 8. The standard InChI is InChI=1S/C12H21F3O2/c1-3-5-7-10(9-12(13,14)15)11(16)17-8-6-4-2/h10H,3-9H2,1-2H3. The molecule has 0 N–H and O–H groups in total. The summed E-state index contributed by atoms with van der Waals surface area (Å²) in [6.45, 7) is 4.03. The van der Waals surface area contributed by atoms with Crippen molar-refractivity contribution in [1.82, 2.24) is 0 Å². The molecule has 0 aliphatic heterocycles. The molecule has 0 saturated heterocycles. The smallest absolute Gasteiger partial charge is 0.389 e. The Balaban J connectivity index is 4.19. The van der Waals surface area contributed by atoms with Crippen LogP contribution in [0.3, 0.4) is 0 Å². The second kappa shape index (κ2) is 8.37. The van der Waals surface area contributed by atoms with Crippen LogP contribution in [0, 0.1) is 5.92 Å². The summed E-state index contributed by atoms with van der Waals surface area (Å²) < 4.78 is 41.7. The second-order valence-electron chi connectivity index (χ2n) is 4.18. The molecule has 0 heterocycles. The first-order valence-electron chi connectivity index (χ1n) is 6.14. The summed E-state index contributed by atoms with van der Waals surface area (Å²) >= 11 is 0. The van der Waals surface area contributed by atoms with Crippen molar-refractivity contribution >= 4 is 5.97 Å². The zero-order valence-electron chi connectivity index (χ0n) is 10.5. The summed E-state index contributed by atoms with van der Waals surface area (Å²) in [7, 11) is 0. The van der Waals surface area contributed by atoms with Gasteiger partial charge < -0.3 is 4.74 Å². The predicted molar refractivity (Wildman–Crippen MR) is 59.6 cm³/mol. The molecule has 0 spiro atoms. The lowest BCUT2D eigenvalue weighted by Crippen LogP contribution is -2.24. The minimum absolute atomic E-state index is 0.218. The highest BCUT2D eigenvalue weighted by molar-refractivity contribution is 5.72. The molecule has 0 amide bonds. The lowest BCUT2D eigenvalue weighted by Gasteiger charge is -2.17. The largest absolute Gasteiger partial charge is 0.465 e. The fraction of sp³-hybridized carbons (Fsp3) is 0.917. The van der Waals surface area contributed by atoms with Gasteiger partial charge in [-0.1, -0.05) is 33.1 Å². The van der Waals surface area contributed by atoms with Crippen molar-refractivity contribution in [2.24, 2.45) is 5.92 Å². The third-order valence-electron chi connectivity index (χ3n) is 2.46. The van der Waals surface area contributed by atoms with Crippen LogP contribution in [-0.2, 0) is 9.53 Å². The van der Waals surface area contributed by atoms with E-state index < -0.39 is 24.5 Å². The molecule has 0 aromatic heterocycles. The number of esters is 1. The van der Waals surface area contributed by atoms with Crippen LogP contribution in [0.2, 0.25) is 0 Å². The predicted octanol–water partition coefficient (Wildman–Crippen LogP) is 4.09. The first-order valence-corrected chi connectivity index (χ1v) is 6.14. The minimum Gasteiger partial charge on any atom is -0.465 e. The van der Waals surface area contributed by atoms with E-state index in [9.17, 15) is 18.0 Å². The maximum absolute atomic E-state index is 12.3. The van der Waals surface area contributed by atoms with E-state index in [1.165, 1.54) is 0 Å². The Morgan fingerprint density at radius 1 is 1.18 bits per heavy atom. The van der Waals surface area contributed by atoms with E-state index in [-0.39, 0.29) is 13.0 Å². The van der Waals surface area contributed by atoms with Gasteiger partial charge in [0.25, 0.3) is 0 Å². The molecule has 0 fully saturated rings. The Bertz CT molecular complexity index is 214. The monoisotopic (exact) mass is 254 g/mol. The lowest BCUT2D eigenvalue weighted by molar-refractivity contribution is -0.168. The molecule has 1 atom stereocenters. The maximum atomic E-state index is 12.3. The summed E-state index contributed by atoms with van der Waals surface area (Å²) in [5.41, 5.74) is 0. The Morgan fingerprint density at radius 2 is 1.76 bits per heavy atom. The van der Waals surface area contributed by atoms with E-state index in [0.717, 1.165) is 12.8 Å². The van der Waals surface area contributed by atoms with Crippen LogP contribution in [0.1, 0.15) is 52.4 Å². The van der Waals surface area contributed by atoms with E-state index >= 15 is 0 Å². The average Bonchev–Trinajstić information content (AvgIpc) is 2.22. The molecule has 1 unspecified atom stereocenters. The van der Waals surface area contributed by atoms with Crippen molar-refractivity contribution in [2.75, 3.05) is 6.61 Å². The van der Waals surface area contributed by atoms with E-state index in [4.69, 9.17) is 4.74 Å². The molecular formula is C12H21F3O2. The number of ether oxygens (including phenoxy) is 1. The Morgan fingerprint density at radius 3 is 2.24 bits per heavy atom. The Kier molecular flexibility index (Phi) is 8.00. The summed E-state index contributed by atoms with van der Waals surface area (Å²) in [6, 6.07) is 0.